The highest BCUT2D eigenvalue weighted by molar-refractivity contribution is 9.10. The molecule has 2 heterocycles. The molecule has 1 saturated heterocycles. The fourth-order valence-corrected chi connectivity index (χ4v) is 1.88. The van der Waals surface area contributed by atoms with Gasteiger partial charge in [-0.2, -0.15) is 0 Å². The summed E-state index contributed by atoms with van der Waals surface area (Å²) >= 11 is 3.33. The fourth-order valence-electron chi connectivity index (χ4n) is 1.65. The van der Waals surface area contributed by atoms with Crippen molar-refractivity contribution in [1.82, 2.24) is 4.98 Å². The first kappa shape index (κ1) is 9.93. The van der Waals surface area contributed by atoms with E-state index in [1.807, 2.05) is 12.3 Å². The van der Waals surface area contributed by atoms with Crippen LogP contribution in [-0.4, -0.2) is 30.8 Å². The van der Waals surface area contributed by atoms with Gasteiger partial charge < -0.3 is 9.64 Å². The third kappa shape index (κ3) is 2.07. The van der Waals surface area contributed by atoms with Crippen molar-refractivity contribution in [1.29, 1.82) is 0 Å². The fraction of sp³-hybridized carbons (Fsp3) is 0.500. The number of nitrogens with zero attached hydrogens (tertiary/aromatic N) is 2. The van der Waals surface area contributed by atoms with Crippen LogP contribution in [-0.2, 0) is 4.74 Å². The number of anilines is 1. The van der Waals surface area contributed by atoms with E-state index in [4.69, 9.17) is 4.74 Å². The van der Waals surface area contributed by atoms with Crippen molar-refractivity contribution in [3.63, 3.8) is 0 Å². The van der Waals surface area contributed by atoms with Gasteiger partial charge in [0.1, 0.15) is 4.60 Å². The van der Waals surface area contributed by atoms with E-state index in [1.165, 1.54) is 5.69 Å². The third-order valence-electron chi connectivity index (χ3n) is 2.41. The molecule has 14 heavy (non-hydrogen) atoms. The molecule has 0 saturated carbocycles. The lowest BCUT2D eigenvalue weighted by molar-refractivity contribution is 0.0989. The van der Waals surface area contributed by atoms with Gasteiger partial charge in [-0.3, -0.25) is 0 Å². The van der Waals surface area contributed by atoms with E-state index in [-0.39, 0.29) is 0 Å². The van der Waals surface area contributed by atoms with Crippen molar-refractivity contribution >= 4 is 21.6 Å². The quantitative estimate of drug-likeness (QED) is 0.720. The zero-order valence-corrected chi connectivity index (χ0v) is 9.70. The van der Waals surface area contributed by atoms with Crippen LogP contribution in [0.1, 0.15) is 6.92 Å². The van der Waals surface area contributed by atoms with E-state index in [2.05, 4.69) is 38.8 Å². The van der Waals surface area contributed by atoms with Crippen molar-refractivity contribution in [2.24, 2.45) is 0 Å². The number of aromatic nitrogens is 1. The first-order chi connectivity index (χ1) is 6.77. The molecule has 0 unspecified atom stereocenters. The second kappa shape index (κ2) is 4.28. The van der Waals surface area contributed by atoms with Gasteiger partial charge >= 0.3 is 0 Å². The highest BCUT2D eigenvalue weighted by Crippen LogP contribution is 2.19. The lowest BCUT2D eigenvalue weighted by Crippen LogP contribution is -2.43. The van der Waals surface area contributed by atoms with Crippen LogP contribution < -0.4 is 4.90 Å². The topological polar surface area (TPSA) is 25.4 Å². The number of ether oxygens (including phenoxy) is 1. The molecule has 1 fully saturated rings. The highest BCUT2D eigenvalue weighted by atomic mass is 79.9. The van der Waals surface area contributed by atoms with Crippen molar-refractivity contribution in [3.8, 4) is 0 Å². The molecule has 0 aliphatic carbocycles. The average molecular weight is 257 g/mol. The number of rotatable bonds is 1. The predicted molar refractivity (Wildman–Crippen MR) is 59.6 cm³/mol. The summed E-state index contributed by atoms with van der Waals surface area (Å²) in [5.74, 6) is 0. The summed E-state index contributed by atoms with van der Waals surface area (Å²) in [6.07, 6.45) is 1.89. The van der Waals surface area contributed by atoms with Crippen molar-refractivity contribution in [3.05, 3.63) is 22.9 Å². The zero-order valence-electron chi connectivity index (χ0n) is 8.11. The molecular weight excluding hydrogens is 244 g/mol. The lowest BCUT2D eigenvalue weighted by Gasteiger charge is -2.34. The van der Waals surface area contributed by atoms with Crippen molar-refractivity contribution < 1.29 is 4.74 Å². The number of morpholine rings is 1. The van der Waals surface area contributed by atoms with E-state index in [0.717, 1.165) is 24.4 Å². The van der Waals surface area contributed by atoms with Crippen molar-refractivity contribution in [2.75, 3.05) is 24.7 Å². The first-order valence-corrected chi connectivity index (χ1v) is 5.52. The van der Waals surface area contributed by atoms with Gasteiger partial charge in [0.2, 0.25) is 0 Å². The molecule has 1 atom stereocenters. The van der Waals surface area contributed by atoms with Gasteiger partial charge in [0.15, 0.2) is 0 Å². The third-order valence-corrected chi connectivity index (χ3v) is 2.88. The zero-order chi connectivity index (χ0) is 9.97. The smallest absolute Gasteiger partial charge is 0.106 e. The van der Waals surface area contributed by atoms with E-state index in [0.29, 0.717) is 6.04 Å². The molecule has 0 radical (unpaired) electrons. The number of hydrogen-bond acceptors (Lipinski definition) is 3. The summed E-state index contributed by atoms with van der Waals surface area (Å²) in [5, 5.41) is 0. The lowest BCUT2D eigenvalue weighted by atomic mass is 10.2. The standard InChI is InChI=1S/C10H13BrN2O/c1-8-7-14-5-4-13(8)9-2-3-10(11)12-6-9/h2-3,6,8H,4-5,7H2,1H3/t8-/m1/s1. The van der Waals surface area contributed by atoms with E-state index >= 15 is 0 Å². The summed E-state index contributed by atoms with van der Waals surface area (Å²) in [6, 6.07) is 4.49. The Morgan fingerprint density at radius 2 is 2.43 bits per heavy atom. The molecule has 0 aromatic carbocycles. The van der Waals surface area contributed by atoms with Gasteiger partial charge in [0.05, 0.1) is 25.1 Å². The molecule has 76 valence electrons. The Bertz CT molecular complexity index is 301. The van der Waals surface area contributed by atoms with Gasteiger partial charge in [-0.05, 0) is 35.0 Å². The van der Waals surface area contributed by atoms with Crippen LogP contribution in [0.15, 0.2) is 22.9 Å². The van der Waals surface area contributed by atoms with Crippen LogP contribution in [0.5, 0.6) is 0 Å². The van der Waals surface area contributed by atoms with Crippen molar-refractivity contribution in [2.45, 2.75) is 13.0 Å². The molecule has 1 aromatic heterocycles. The first-order valence-electron chi connectivity index (χ1n) is 4.73. The number of halogens is 1. The SMILES string of the molecule is C[C@@H]1COCCN1c1ccc(Br)nc1. The minimum Gasteiger partial charge on any atom is -0.377 e. The van der Waals surface area contributed by atoms with Crippen LogP contribution in [0, 0.1) is 0 Å². The largest absolute Gasteiger partial charge is 0.377 e. The molecule has 4 heteroatoms. The molecule has 1 aliphatic heterocycles. The van der Waals surface area contributed by atoms with Gasteiger partial charge in [0, 0.05) is 12.6 Å². The van der Waals surface area contributed by atoms with Gasteiger partial charge in [-0.25, -0.2) is 4.98 Å². The molecule has 0 N–H and O–H groups in total. The molecule has 2 rings (SSSR count). The Hall–Kier alpha value is -0.610. The second-order valence-corrected chi connectivity index (χ2v) is 4.27. The van der Waals surface area contributed by atoms with Crippen LogP contribution in [0.3, 0.4) is 0 Å². The summed E-state index contributed by atoms with van der Waals surface area (Å²) in [5.41, 5.74) is 1.17. The molecule has 0 amide bonds. The summed E-state index contributed by atoms with van der Waals surface area (Å²) in [4.78, 5) is 6.55. The van der Waals surface area contributed by atoms with E-state index in [9.17, 15) is 0 Å². The molecule has 3 nitrogen and oxygen atoms in total. The molecular formula is C10H13BrN2O. The minimum atomic E-state index is 0.437. The maximum atomic E-state index is 5.39. The minimum absolute atomic E-state index is 0.437. The normalized spacial score (nSPS) is 22.4. The van der Waals surface area contributed by atoms with Crippen LogP contribution in [0.25, 0.3) is 0 Å². The van der Waals surface area contributed by atoms with E-state index < -0.39 is 0 Å². The van der Waals surface area contributed by atoms with Crippen LogP contribution >= 0.6 is 15.9 Å². The predicted octanol–water partition coefficient (Wildman–Crippen LogP) is 2.07. The highest BCUT2D eigenvalue weighted by Gasteiger charge is 2.18. The Morgan fingerprint density at radius 3 is 3.07 bits per heavy atom. The molecule has 1 aromatic rings. The summed E-state index contributed by atoms with van der Waals surface area (Å²) < 4.78 is 6.26. The monoisotopic (exact) mass is 256 g/mol. The Kier molecular flexibility index (Phi) is 3.03. The molecule has 0 bridgehead atoms. The summed E-state index contributed by atoms with van der Waals surface area (Å²) in [7, 11) is 0. The summed E-state index contributed by atoms with van der Waals surface area (Å²) in [6.45, 7) is 4.72. The Labute approximate surface area is 92.2 Å². The number of hydrogen-bond donors (Lipinski definition) is 0. The average Bonchev–Trinajstić information content (AvgIpc) is 2.20. The Balaban J connectivity index is 2.16. The Morgan fingerprint density at radius 1 is 1.57 bits per heavy atom. The van der Waals surface area contributed by atoms with Gasteiger partial charge in [-0.15, -0.1) is 0 Å². The van der Waals surface area contributed by atoms with Gasteiger partial charge in [0.25, 0.3) is 0 Å². The number of pyridine rings is 1. The molecule has 1 aliphatic rings. The second-order valence-electron chi connectivity index (χ2n) is 3.46. The maximum Gasteiger partial charge on any atom is 0.106 e. The molecule has 0 spiro atoms. The van der Waals surface area contributed by atoms with Gasteiger partial charge in [-0.1, -0.05) is 0 Å². The maximum absolute atomic E-state index is 5.39. The van der Waals surface area contributed by atoms with Crippen LogP contribution in [0.4, 0.5) is 5.69 Å². The van der Waals surface area contributed by atoms with E-state index in [1.54, 1.807) is 0 Å². The van der Waals surface area contributed by atoms with Crippen LogP contribution in [0.2, 0.25) is 0 Å².